The van der Waals surface area contributed by atoms with Gasteiger partial charge in [-0.05, 0) is 25.5 Å². The fraction of sp³-hybridized carbons (Fsp3) is 0.300. The summed E-state index contributed by atoms with van der Waals surface area (Å²) >= 11 is 0. The molecule has 3 rings (SSSR count). The van der Waals surface area contributed by atoms with Crippen molar-refractivity contribution in [1.82, 2.24) is 0 Å². The van der Waals surface area contributed by atoms with Crippen molar-refractivity contribution in [3.63, 3.8) is 0 Å². The summed E-state index contributed by atoms with van der Waals surface area (Å²) in [4.78, 5) is 25.7. The third-order valence-electron chi connectivity index (χ3n) is 4.05. The number of hydrogen-bond acceptors (Lipinski definition) is 4. The third-order valence-corrected chi connectivity index (χ3v) is 4.05. The fourth-order valence-corrected chi connectivity index (χ4v) is 2.86. The van der Waals surface area contributed by atoms with Crippen LogP contribution in [-0.4, -0.2) is 24.8 Å². The highest BCUT2D eigenvalue weighted by molar-refractivity contribution is 6.29. The molecule has 4 heteroatoms. The predicted molar refractivity (Wildman–Crippen MR) is 91.3 cm³/mol. The van der Waals surface area contributed by atoms with E-state index < -0.39 is 0 Å². The molecule has 0 saturated heterocycles. The van der Waals surface area contributed by atoms with Crippen LogP contribution in [0, 0.1) is 0 Å². The van der Waals surface area contributed by atoms with Crippen molar-refractivity contribution >= 4 is 11.6 Å². The van der Waals surface area contributed by atoms with Gasteiger partial charge in [0.1, 0.15) is 0 Å². The number of benzene rings is 2. The molecule has 124 valence electrons. The van der Waals surface area contributed by atoms with Crippen LogP contribution in [-0.2, 0) is 0 Å². The van der Waals surface area contributed by atoms with Crippen LogP contribution in [0.4, 0.5) is 0 Å². The van der Waals surface area contributed by atoms with Crippen LogP contribution in [0.1, 0.15) is 58.5 Å². The molecule has 2 aromatic rings. The van der Waals surface area contributed by atoms with E-state index in [0.29, 0.717) is 47.0 Å². The lowest BCUT2D eigenvalue weighted by molar-refractivity contribution is 0.0975. The van der Waals surface area contributed by atoms with Gasteiger partial charge in [0.25, 0.3) is 0 Å². The number of fused-ring (bicyclic) bond motifs is 2. The first kappa shape index (κ1) is 16.2. The van der Waals surface area contributed by atoms with E-state index in [9.17, 15) is 9.59 Å². The number of ketones is 2. The van der Waals surface area contributed by atoms with Crippen molar-refractivity contribution in [2.24, 2.45) is 0 Å². The second kappa shape index (κ2) is 6.87. The SMILES string of the molecule is CCCCOc1ccc2c(c1OCC)C(=O)c1ccccc1C2=O. The Bertz CT molecular complexity index is 792. The molecule has 0 spiro atoms. The monoisotopic (exact) mass is 324 g/mol. The second-order valence-electron chi connectivity index (χ2n) is 5.65. The van der Waals surface area contributed by atoms with Crippen LogP contribution in [0.15, 0.2) is 36.4 Å². The first-order valence-corrected chi connectivity index (χ1v) is 8.30. The van der Waals surface area contributed by atoms with Gasteiger partial charge < -0.3 is 9.47 Å². The molecule has 0 unspecified atom stereocenters. The van der Waals surface area contributed by atoms with Crippen LogP contribution >= 0.6 is 0 Å². The standard InChI is InChI=1S/C20H20O4/c1-3-5-12-24-16-11-10-15-17(20(16)23-4-2)19(22)14-9-7-6-8-13(14)18(15)21/h6-11H,3-5,12H2,1-2H3. The summed E-state index contributed by atoms with van der Waals surface area (Å²) < 4.78 is 11.5. The van der Waals surface area contributed by atoms with Gasteiger partial charge in [-0.3, -0.25) is 9.59 Å². The van der Waals surface area contributed by atoms with Gasteiger partial charge in [-0.2, -0.15) is 0 Å². The Morgan fingerprint density at radius 3 is 2.21 bits per heavy atom. The van der Waals surface area contributed by atoms with Crippen LogP contribution in [0.2, 0.25) is 0 Å². The molecule has 0 aromatic heterocycles. The molecular weight excluding hydrogens is 304 g/mol. The summed E-state index contributed by atoms with van der Waals surface area (Å²) in [5, 5.41) is 0. The molecule has 0 amide bonds. The summed E-state index contributed by atoms with van der Waals surface area (Å²) in [5.74, 6) is 0.550. The van der Waals surface area contributed by atoms with Gasteiger partial charge in [0.15, 0.2) is 23.1 Å². The second-order valence-corrected chi connectivity index (χ2v) is 5.65. The number of rotatable bonds is 6. The molecule has 0 aliphatic heterocycles. The Morgan fingerprint density at radius 1 is 0.833 bits per heavy atom. The molecular formula is C20H20O4. The molecule has 0 radical (unpaired) electrons. The zero-order valence-electron chi connectivity index (χ0n) is 13.9. The minimum Gasteiger partial charge on any atom is -0.490 e. The van der Waals surface area contributed by atoms with Gasteiger partial charge in [-0.15, -0.1) is 0 Å². The summed E-state index contributed by atoms with van der Waals surface area (Å²) in [7, 11) is 0. The van der Waals surface area contributed by atoms with Crippen molar-refractivity contribution in [2.45, 2.75) is 26.7 Å². The molecule has 0 N–H and O–H groups in total. The molecule has 0 saturated carbocycles. The Balaban J connectivity index is 2.12. The minimum absolute atomic E-state index is 0.152. The summed E-state index contributed by atoms with van der Waals surface area (Å²) in [6, 6.07) is 10.3. The molecule has 1 aliphatic carbocycles. The predicted octanol–water partition coefficient (Wildman–Crippen LogP) is 4.04. The van der Waals surface area contributed by atoms with Crippen molar-refractivity contribution in [3.8, 4) is 11.5 Å². The molecule has 0 bridgehead atoms. The average molecular weight is 324 g/mol. The summed E-state index contributed by atoms with van der Waals surface area (Å²) in [6.07, 6.45) is 1.93. The van der Waals surface area contributed by atoms with E-state index >= 15 is 0 Å². The van der Waals surface area contributed by atoms with Crippen LogP contribution < -0.4 is 9.47 Å². The smallest absolute Gasteiger partial charge is 0.198 e. The largest absolute Gasteiger partial charge is 0.490 e. The van der Waals surface area contributed by atoms with E-state index in [1.54, 1.807) is 36.4 Å². The van der Waals surface area contributed by atoms with E-state index in [2.05, 4.69) is 6.92 Å². The maximum atomic E-state index is 12.9. The third kappa shape index (κ3) is 2.68. The first-order chi connectivity index (χ1) is 11.7. The number of unbranched alkanes of at least 4 members (excludes halogenated alkanes) is 1. The van der Waals surface area contributed by atoms with E-state index in [1.807, 2.05) is 6.92 Å². The highest BCUT2D eigenvalue weighted by Gasteiger charge is 2.33. The van der Waals surface area contributed by atoms with Crippen LogP contribution in [0.5, 0.6) is 11.5 Å². The lowest BCUT2D eigenvalue weighted by Crippen LogP contribution is -2.22. The quantitative estimate of drug-likeness (QED) is 0.642. The number of hydrogen-bond donors (Lipinski definition) is 0. The van der Waals surface area contributed by atoms with E-state index in [0.717, 1.165) is 12.8 Å². The van der Waals surface area contributed by atoms with Gasteiger partial charge in [0.05, 0.1) is 18.8 Å². The minimum atomic E-state index is -0.190. The summed E-state index contributed by atoms with van der Waals surface area (Å²) in [6.45, 7) is 4.87. The highest BCUT2D eigenvalue weighted by Crippen LogP contribution is 2.39. The van der Waals surface area contributed by atoms with Crippen LogP contribution in [0.3, 0.4) is 0 Å². The van der Waals surface area contributed by atoms with E-state index in [-0.39, 0.29) is 11.6 Å². The van der Waals surface area contributed by atoms with Crippen molar-refractivity contribution < 1.29 is 19.1 Å². The number of carbonyl (C=O) groups is 2. The average Bonchev–Trinajstić information content (AvgIpc) is 2.61. The molecule has 0 heterocycles. The molecule has 24 heavy (non-hydrogen) atoms. The lowest BCUT2D eigenvalue weighted by atomic mass is 9.83. The van der Waals surface area contributed by atoms with Crippen molar-refractivity contribution in [1.29, 1.82) is 0 Å². The Morgan fingerprint density at radius 2 is 1.54 bits per heavy atom. The van der Waals surface area contributed by atoms with Crippen molar-refractivity contribution in [2.75, 3.05) is 13.2 Å². The van der Waals surface area contributed by atoms with Gasteiger partial charge in [-0.1, -0.05) is 37.6 Å². The van der Waals surface area contributed by atoms with Gasteiger partial charge in [0, 0.05) is 16.7 Å². The fourth-order valence-electron chi connectivity index (χ4n) is 2.86. The Kier molecular flexibility index (Phi) is 4.65. The first-order valence-electron chi connectivity index (χ1n) is 8.30. The zero-order valence-corrected chi connectivity index (χ0v) is 13.9. The van der Waals surface area contributed by atoms with E-state index in [1.165, 1.54) is 0 Å². The topological polar surface area (TPSA) is 52.6 Å². The van der Waals surface area contributed by atoms with Crippen LogP contribution in [0.25, 0.3) is 0 Å². The normalized spacial score (nSPS) is 12.6. The Labute approximate surface area is 141 Å². The number of carbonyl (C=O) groups excluding carboxylic acids is 2. The summed E-state index contributed by atoms with van der Waals surface area (Å²) in [5.41, 5.74) is 1.55. The van der Waals surface area contributed by atoms with E-state index in [4.69, 9.17) is 9.47 Å². The van der Waals surface area contributed by atoms with Gasteiger partial charge in [0.2, 0.25) is 0 Å². The molecule has 2 aromatic carbocycles. The van der Waals surface area contributed by atoms with Gasteiger partial charge >= 0.3 is 0 Å². The molecule has 0 fully saturated rings. The van der Waals surface area contributed by atoms with Gasteiger partial charge in [-0.25, -0.2) is 0 Å². The Hall–Kier alpha value is -2.62. The maximum absolute atomic E-state index is 12.9. The van der Waals surface area contributed by atoms with Crippen molar-refractivity contribution in [3.05, 3.63) is 58.7 Å². The molecule has 4 nitrogen and oxygen atoms in total. The molecule has 1 aliphatic rings. The maximum Gasteiger partial charge on any atom is 0.198 e. The zero-order chi connectivity index (χ0) is 17.1. The highest BCUT2D eigenvalue weighted by atomic mass is 16.5. The molecule has 0 atom stereocenters. The lowest BCUT2D eigenvalue weighted by Gasteiger charge is -2.22. The number of ether oxygens (including phenoxy) is 2.